The molecule has 0 aliphatic heterocycles. The first-order valence-electron chi connectivity index (χ1n) is 7.01. The number of aromatic amines is 1. The van der Waals surface area contributed by atoms with E-state index in [2.05, 4.69) is 20.9 Å². The number of H-pyrrole nitrogens is 1. The molecule has 0 aliphatic carbocycles. The van der Waals surface area contributed by atoms with Crippen molar-refractivity contribution in [3.8, 4) is 11.6 Å². The average molecular weight is 460 g/mol. The van der Waals surface area contributed by atoms with Crippen molar-refractivity contribution < 1.29 is 28.0 Å². The van der Waals surface area contributed by atoms with Gasteiger partial charge in [0.15, 0.2) is 0 Å². The highest BCUT2D eigenvalue weighted by Gasteiger charge is 2.16. The quantitative estimate of drug-likeness (QED) is 0.369. The van der Waals surface area contributed by atoms with Crippen LogP contribution in [0.15, 0.2) is 43.3 Å². The van der Waals surface area contributed by atoms with Crippen LogP contribution >= 0.6 is 15.9 Å². The van der Waals surface area contributed by atoms with Gasteiger partial charge in [0.2, 0.25) is 5.88 Å². The minimum absolute atomic E-state index is 0.171. The summed E-state index contributed by atoms with van der Waals surface area (Å²) in [7, 11) is -4.95. The van der Waals surface area contributed by atoms with Gasteiger partial charge < -0.3 is 19.6 Å². The lowest BCUT2D eigenvalue weighted by atomic mass is 10.3. The maximum atomic E-state index is 12.0. The Kier molecular flexibility index (Phi) is 5.98. The topological polar surface area (TPSA) is 185 Å². The first kappa shape index (κ1) is 20.5. The van der Waals surface area contributed by atoms with Crippen molar-refractivity contribution in [1.82, 2.24) is 9.55 Å². The van der Waals surface area contributed by atoms with Gasteiger partial charge in [-0.25, -0.2) is 17.8 Å². The van der Waals surface area contributed by atoms with Gasteiger partial charge in [0.1, 0.15) is 11.6 Å². The Morgan fingerprint density at radius 1 is 1.33 bits per heavy atom. The van der Waals surface area contributed by atoms with Gasteiger partial charge in [0.05, 0.1) is 27.5 Å². The van der Waals surface area contributed by atoms with Gasteiger partial charge >= 0.3 is 5.69 Å². The largest absolute Gasteiger partial charge is 0.748 e. The molecule has 2 N–H and O–H groups in total. The van der Waals surface area contributed by atoms with Crippen molar-refractivity contribution in [1.29, 1.82) is 0 Å². The Bertz CT molecular complexity index is 1120. The SMILES string of the molecule is O=C([O-])[C@@H](CS(=O)(=O)[O-])N=Cc1c(O)n(-c2ccc(Br)cc2)c(=O)[nH]c1=O. The number of aliphatic imine (C=N–C) groups is 1. The molecule has 0 spiro atoms. The molecule has 0 fully saturated rings. The average Bonchev–Trinajstić information content (AvgIpc) is 2.53. The number of aromatic hydroxyl groups is 1. The number of benzene rings is 1. The van der Waals surface area contributed by atoms with Crippen molar-refractivity contribution in [2.24, 2.45) is 4.99 Å². The predicted octanol–water partition coefficient (Wildman–Crippen LogP) is -1.92. The van der Waals surface area contributed by atoms with Crippen LogP contribution in [0.2, 0.25) is 0 Å². The van der Waals surface area contributed by atoms with Gasteiger partial charge in [0.25, 0.3) is 5.56 Å². The second-order valence-electron chi connectivity index (χ2n) is 5.15. The summed E-state index contributed by atoms with van der Waals surface area (Å²) in [6, 6.07) is 3.91. The van der Waals surface area contributed by atoms with E-state index in [1.165, 1.54) is 12.1 Å². The van der Waals surface area contributed by atoms with Gasteiger partial charge in [-0.1, -0.05) is 15.9 Å². The van der Waals surface area contributed by atoms with Crippen LogP contribution in [0.3, 0.4) is 0 Å². The number of carboxylic acid groups (broad SMARTS) is 1. The molecule has 13 heteroatoms. The first-order chi connectivity index (χ1) is 12.5. The minimum Gasteiger partial charge on any atom is -0.748 e. The monoisotopic (exact) mass is 459 g/mol. The number of hydrogen-bond donors (Lipinski definition) is 2. The van der Waals surface area contributed by atoms with Crippen molar-refractivity contribution in [2.45, 2.75) is 6.04 Å². The molecule has 1 atom stereocenters. The lowest BCUT2D eigenvalue weighted by Crippen LogP contribution is -2.39. The number of hydrogen-bond acceptors (Lipinski definition) is 9. The number of halogens is 1. The highest BCUT2D eigenvalue weighted by Crippen LogP contribution is 2.18. The van der Waals surface area contributed by atoms with Gasteiger partial charge in [-0.2, -0.15) is 0 Å². The van der Waals surface area contributed by atoms with Crippen molar-refractivity contribution in [2.75, 3.05) is 5.75 Å². The minimum atomic E-state index is -4.95. The highest BCUT2D eigenvalue weighted by atomic mass is 79.9. The molecule has 0 radical (unpaired) electrons. The normalized spacial score (nSPS) is 13.0. The summed E-state index contributed by atoms with van der Waals surface area (Å²) >= 11 is 3.19. The number of carbonyl (C=O) groups is 1. The van der Waals surface area contributed by atoms with E-state index in [0.717, 1.165) is 0 Å². The fourth-order valence-electron chi connectivity index (χ4n) is 2.01. The van der Waals surface area contributed by atoms with Crippen LogP contribution in [0.5, 0.6) is 5.88 Å². The van der Waals surface area contributed by atoms with Gasteiger partial charge in [0, 0.05) is 10.7 Å². The van der Waals surface area contributed by atoms with Crippen LogP contribution < -0.4 is 16.4 Å². The lowest BCUT2D eigenvalue weighted by molar-refractivity contribution is -0.306. The third-order valence-electron chi connectivity index (χ3n) is 3.22. The van der Waals surface area contributed by atoms with E-state index in [-0.39, 0.29) is 5.69 Å². The van der Waals surface area contributed by atoms with Crippen LogP contribution in [0.25, 0.3) is 5.69 Å². The molecule has 0 unspecified atom stereocenters. The predicted molar refractivity (Wildman–Crippen MR) is 93.0 cm³/mol. The zero-order valence-corrected chi connectivity index (χ0v) is 15.6. The molecular formula is C14H10BrN3O8S-2. The van der Waals surface area contributed by atoms with E-state index >= 15 is 0 Å². The summed E-state index contributed by atoms with van der Waals surface area (Å²) in [6.07, 6.45) is 0.550. The molecule has 1 heterocycles. The van der Waals surface area contributed by atoms with Crippen LogP contribution in [-0.2, 0) is 14.9 Å². The molecule has 2 aromatic rings. The summed E-state index contributed by atoms with van der Waals surface area (Å²) in [5, 5.41) is 21.2. The van der Waals surface area contributed by atoms with Gasteiger partial charge in [-0.15, -0.1) is 0 Å². The molecule has 2 rings (SSSR count). The second kappa shape index (κ2) is 7.85. The first-order valence-corrected chi connectivity index (χ1v) is 9.38. The summed E-state index contributed by atoms with van der Waals surface area (Å²) < 4.78 is 33.5. The molecule has 144 valence electrons. The molecule has 27 heavy (non-hydrogen) atoms. The van der Waals surface area contributed by atoms with Gasteiger partial charge in [-0.3, -0.25) is 14.8 Å². The Morgan fingerprint density at radius 2 is 1.93 bits per heavy atom. The molecule has 0 saturated heterocycles. The molecule has 0 aliphatic rings. The van der Waals surface area contributed by atoms with E-state index in [1.54, 1.807) is 12.1 Å². The van der Waals surface area contributed by atoms with Crippen LogP contribution in [0.1, 0.15) is 5.56 Å². The molecule has 11 nitrogen and oxygen atoms in total. The summed E-state index contributed by atoms with van der Waals surface area (Å²) in [5.41, 5.74) is -2.52. The molecule has 1 aromatic carbocycles. The van der Waals surface area contributed by atoms with Crippen molar-refractivity contribution in [3.05, 3.63) is 55.1 Å². The number of rotatable bonds is 6. The smallest absolute Gasteiger partial charge is 0.335 e. The van der Waals surface area contributed by atoms with E-state index in [4.69, 9.17) is 0 Å². The summed E-state index contributed by atoms with van der Waals surface area (Å²) in [6.45, 7) is 0. The third kappa shape index (κ3) is 5.12. The van der Waals surface area contributed by atoms with Crippen molar-refractivity contribution >= 4 is 38.2 Å². The van der Waals surface area contributed by atoms with E-state index in [9.17, 15) is 37.6 Å². The number of aromatic nitrogens is 2. The summed E-state index contributed by atoms with van der Waals surface area (Å²) in [4.78, 5) is 40.0. The Labute approximate surface area is 159 Å². The standard InChI is InChI=1S/C14H12BrN3O8S/c15-7-1-3-8(4-2-7)18-12(20)9(11(19)17-14(18)23)5-16-10(13(21)22)6-27(24,25)26/h1-5,10,20H,6H2,(H,21,22)(H,17,19,23)(H,24,25,26)/p-2/t10-/m1/s1. The summed E-state index contributed by atoms with van der Waals surface area (Å²) in [5.74, 6) is -4.24. The Morgan fingerprint density at radius 3 is 2.44 bits per heavy atom. The van der Waals surface area contributed by atoms with Gasteiger partial charge in [-0.05, 0) is 24.3 Å². The van der Waals surface area contributed by atoms with Crippen LogP contribution in [0.4, 0.5) is 0 Å². The van der Waals surface area contributed by atoms with E-state index in [0.29, 0.717) is 15.3 Å². The molecule has 0 saturated carbocycles. The fourth-order valence-corrected chi connectivity index (χ4v) is 2.89. The maximum absolute atomic E-state index is 12.0. The Hall–Kier alpha value is -2.77. The number of carboxylic acids is 1. The zero-order valence-electron chi connectivity index (χ0n) is 13.2. The van der Waals surface area contributed by atoms with E-state index < -0.39 is 50.6 Å². The zero-order chi connectivity index (χ0) is 20.4. The van der Waals surface area contributed by atoms with Crippen LogP contribution in [-0.4, -0.2) is 51.6 Å². The molecular weight excluding hydrogens is 450 g/mol. The fraction of sp³-hybridized carbons (Fsp3) is 0.143. The number of aliphatic carboxylic acids is 1. The molecule has 1 aromatic heterocycles. The number of nitrogens with zero attached hydrogens (tertiary/aromatic N) is 2. The molecule has 0 bridgehead atoms. The van der Waals surface area contributed by atoms with Crippen molar-refractivity contribution in [3.63, 3.8) is 0 Å². The van der Waals surface area contributed by atoms with Crippen LogP contribution in [0, 0.1) is 0 Å². The van der Waals surface area contributed by atoms with E-state index in [1.807, 2.05) is 4.98 Å². The number of carbonyl (C=O) groups excluding carboxylic acids is 1. The maximum Gasteiger partial charge on any atom is 0.335 e. The molecule has 0 amide bonds. The second-order valence-corrected chi connectivity index (χ2v) is 7.51. The highest BCUT2D eigenvalue weighted by molar-refractivity contribution is 9.10. The number of nitrogens with one attached hydrogen (secondary N) is 1. The Balaban J connectivity index is 2.56. The third-order valence-corrected chi connectivity index (χ3v) is 4.48. The lowest BCUT2D eigenvalue weighted by Gasteiger charge is -2.15.